The summed E-state index contributed by atoms with van der Waals surface area (Å²) in [4.78, 5) is 13.3. The van der Waals surface area contributed by atoms with Crippen molar-refractivity contribution in [2.75, 3.05) is 6.61 Å². The summed E-state index contributed by atoms with van der Waals surface area (Å²) in [6.07, 6.45) is 3.46. The number of rotatable bonds is 10. The van der Waals surface area contributed by atoms with Crippen LogP contribution in [0.2, 0.25) is 5.02 Å². The number of carbonyl (C=O) groups is 1. The normalized spacial score (nSPS) is 14.0. The first-order valence-electron chi connectivity index (χ1n) is 12.4. The average molecular weight is 509 g/mol. The molecule has 1 heterocycles. The summed E-state index contributed by atoms with van der Waals surface area (Å²) in [5.74, 6) is 1.61. The van der Waals surface area contributed by atoms with Crippen LogP contribution in [-0.4, -0.2) is 23.1 Å². The number of ether oxygens (including phenoxy) is 3. The summed E-state index contributed by atoms with van der Waals surface area (Å²) >= 11 is 5.99. The van der Waals surface area contributed by atoms with Crippen molar-refractivity contribution in [3.05, 3.63) is 87.4 Å². The Morgan fingerprint density at radius 2 is 1.81 bits per heavy atom. The standard InChI is InChI=1S/C30H33ClO5/c1-4-5-20-8-12-24(28(16-20)34-18-21-6-10-23(31)11-7-21)26(33)19-35-29-22(17-32)9-13-27-25(29)14-15-30(2,3)36-27/h6-13,16,32H,4-5,14-15,17-19H2,1-3H3. The largest absolute Gasteiger partial charge is 0.488 e. The maximum atomic E-state index is 13.3. The van der Waals surface area contributed by atoms with Crippen LogP contribution in [0.1, 0.15) is 66.2 Å². The second-order valence-electron chi connectivity index (χ2n) is 9.76. The number of aryl methyl sites for hydroxylation is 1. The van der Waals surface area contributed by atoms with E-state index in [0.717, 1.165) is 48.1 Å². The first-order chi connectivity index (χ1) is 17.3. The van der Waals surface area contributed by atoms with Crippen molar-refractivity contribution < 1.29 is 24.1 Å². The van der Waals surface area contributed by atoms with E-state index in [-0.39, 0.29) is 24.6 Å². The quantitative estimate of drug-likeness (QED) is 0.307. The number of fused-ring (bicyclic) bond motifs is 1. The summed E-state index contributed by atoms with van der Waals surface area (Å²) in [5.41, 5.74) is 3.81. The lowest BCUT2D eigenvalue weighted by Crippen LogP contribution is -2.33. The van der Waals surface area contributed by atoms with Crippen LogP contribution in [0.3, 0.4) is 0 Å². The predicted molar refractivity (Wildman–Crippen MR) is 141 cm³/mol. The number of Topliss-reactive ketones (excluding diaryl/α,β-unsaturated/α-hetero) is 1. The first kappa shape index (κ1) is 26.1. The lowest BCUT2D eigenvalue weighted by atomic mass is 9.92. The van der Waals surface area contributed by atoms with Gasteiger partial charge in [0.1, 0.15) is 29.5 Å². The Labute approximate surface area is 218 Å². The van der Waals surface area contributed by atoms with Crippen molar-refractivity contribution in [1.82, 2.24) is 0 Å². The molecule has 4 rings (SSSR count). The van der Waals surface area contributed by atoms with Crippen LogP contribution in [0, 0.1) is 0 Å². The van der Waals surface area contributed by atoms with Crippen molar-refractivity contribution in [3.8, 4) is 17.2 Å². The van der Waals surface area contributed by atoms with Crippen LogP contribution in [0.5, 0.6) is 17.2 Å². The van der Waals surface area contributed by atoms with Crippen LogP contribution in [0.4, 0.5) is 0 Å². The lowest BCUT2D eigenvalue weighted by Gasteiger charge is -2.33. The van der Waals surface area contributed by atoms with E-state index in [2.05, 4.69) is 6.92 Å². The van der Waals surface area contributed by atoms with E-state index in [4.69, 9.17) is 25.8 Å². The molecule has 0 aromatic heterocycles. The number of benzene rings is 3. The predicted octanol–water partition coefficient (Wildman–Crippen LogP) is 6.73. The Hall–Kier alpha value is -3.02. The average Bonchev–Trinajstić information content (AvgIpc) is 2.86. The summed E-state index contributed by atoms with van der Waals surface area (Å²) < 4.78 is 18.3. The summed E-state index contributed by atoms with van der Waals surface area (Å²) in [6.45, 7) is 6.19. The highest BCUT2D eigenvalue weighted by Crippen LogP contribution is 2.40. The third kappa shape index (κ3) is 6.21. The van der Waals surface area contributed by atoms with Gasteiger partial charge >= 0.3 is 0 Å². The Morgan fingerprint density at radius 1 is 1.06 bits per heavy atom. The minimum Gasteiger partial charge on any atom is -0.488 e. The molecule has 0 amide bonds. The molecule has 1 aliphatic heterocycles. The molecule has 1 aliphatic rings. The third-order valence-electron chi connectivity index (χ3n) is 6.37. The van der Waals surface area contributed by atoms with E-state index in [9.17, 15) is 9.90 Å². The van der Waals surface area contributed by atoms with Gasteiger partial charge in [-0.05, 0) is 80.6 Å². The Kier molecular flexibility index (Phi) is 8.22. The molecule has 36 heavy (non-hydrogen) atoms. The van der Waals surface area contributed by atoms with E-state index in [1.54, 1.807) is 6.07 Å². The number of carbonyl (C=O) groups excluding carboxylic acids is 1. The lowest BCUT2D eigenvalue weighted by molar-refractivity contribution is 0.0813. The summed E-state index contributed by atoms with van der Waals surface area (Å²) in [6, 6.07) is 16.8. The van der Waals surface area contributed by atoms with Crippen LogP contribution in [0.15, 0.2) is 54.6 Å². The van der Waals surface area contributed by atoms with Gasteiger partial charge in [0, 0.05) is 16.1 Å². The highest BCUT2D eigenvalue weighted by Gasteiger charge is 2.30. The fourth-order valence-electron chi connectivity index (χ4n) is 4.39. The van der Waals surface area contributed by atoms with E-state index < -0.39 is 0 Å². The minimum atomic E-state index is -0.266. The van der Waals surface area contributed by atoms with Crippen molar-refractivity contribution in [2.24, 2.45) is 0 Å². The number of aliphatic hydroxyl groups excluding tert-OH is 1. The Morgan fingerprint density at radius 3 is 2.53 bits per heavy atom. The molecule has 0 saturated carbocycles. The molecule has 190 valence electrons. The number of hydrogen-bond acceptors (Lipinski definition) is 5. The highest BCUT2D eigenvalue weighted by molar-refractivity contribution is 6.30. The topological polar surface area (TPSA) is 65.0 Å². The van der Waals surface area contributed by atoms with Gasteiger partial charge in [-0.15, -0.1) is 0 Å². The van der Waals surface area contributed by atoms with E-state index >= 15 is 0 Å². The van der Waals surface area contributed by atoms with E-state index in [0.29, 0.717) is 34.3 Å². The van der Waals surface area contributed by atoms with Gasteiger partial charge in [-0.2, -0.15) is 0 Å². The molecule has 3 aromatic rings. The molecule has 0 atom stereocenters. The van der Waals surface area contributed by atoms with Crippen LogP contribution < -0.4 is 14.2 Å². The molecule has 3 aromatic carbocycles. The highest BCUT2D eigenvalue weighted by atomic mass is 35.5. The second-order valence-corrected chi connectivity index (χ2v) is 10.2. The summed E-state index contributed by atoms with van der Waals surface area (Å²) in [5, 5.41) is 10.6. The molecular weight excluding hydrogens is 476 g/mol. The second kappa shape index (κ2) is 11.4. The fraction of sp³-hybridized carbons (Fsp3) is 0.367. The molecule has 0 saturated heterocycles. The van der Waals surface area contributed by atoms with Crippen LogP contribution >= 0.6 is 11.6 Å². The van der Waals surface area contributed by atoms with E-state index in [1.807, 2.05) is 62.4 Å². The number of aliphatic hydroxyl groups is 1. The van der Waals surface area contributed by atoms with Gasteiger partial charge < -0.3 is 19.3 Å². The molecule has 0 radical (unpaired) electrons. The zero-order valence-corrected chi connectivity index (χ0v) is 21.9. The van der Waals surface area contributed by atoms with Crippen molar-refractivity contribution >= 4 is 17.4 Å². The van der Waals surface area contributed by atoms with Gasteiger partial charge in [-0.1, -0.05) is 43.1 Å². The monoisotopic (exact) mass is 508 g/mol. The number of halogens is 1. The van der Waals surface area contributed by atoms with Gasteiger partial charge in [0.25, 0.3) is 0 Å². The molecule has 0 fully saturated rings. The molecule has 0 spiro atoms. The number of ketones is 1. The zero-order chi connectivity index (χ0) is 25.7. The Balaban J connectivity index is 1.55. The molecule has 5 nitrogen and oxygen atoms in total. The number of hydrogen-bond donors (Lipinski definition) is 1. The third-order valence-corrected chi connectivity index (χ3v) is 6.62. The van der Waals surface area contributed by atoms with Gasteiger partial charge in [0.05, 0.1) is 12.2 Å². The van der Waals surface area contributed by atoms with E-state index in [1.165, 1.54) is 0 Å². The summed E-state index contributed by atoms with van der Waals surface area (Å²) in [7, 11) is 0. The zero-order valence-electron chi connectivity index (χ0n) is 21.1. The maximum absolute atomic E-state index is 13.3. The molecule has 0 unspecified atom stereocenters. The minimum absolute atomic E-state index is 0.169. The Bertz CT molecular complexity index is 1220. The van der Waals surface area contributed by atoms with Gasteiger partial charge in [-0.3, -0.25) is 4.79 Å². The van der Waals surface area contributed by atoms with Gasteiger partial charge in [0.15, 0.2) is 6.61 Å². The van der Waals surface area contributed by atoms with Gasteiger partial charge in [-0.25, -0.2) is 0 Å². The van der Waals surface area contributed by atoms with Crippen LogP contribution in [0.25, 0.3) is 0 Å². The van der Waals surface area contributed by atoms with Crippen molar-refractivity contribution in [2.45, 2.75) is 65.3 Å². The van der Waals surface area contributed by atoms with Crippen molar-refractivity contribution in [1.29, 1.82) is 0 Å². The smallest absolute Gasteiger partial charge is 0.203 e. The molecule has 0 bridgehead atoms. The first-order valence-corrected chi connectivity index (χ1v) is 12.8. The van der Waals surface area contributed by atoms with Crippen LogP contribution in [-0.2, 0) is 26.1 Å². The molecule has 1 N–H and O–H groups in total. The SMILES string of the molecule is CCCc1ccc(C(=O)COc2c(CO)ccc3c2CCC(C)(C)O3)c(OCc2ccc(Cl)cc2)c1. The van der Waals surface area contributed by atoms with Gasteiger partial charge in [0.2, 0.25) is 5.78 Å². The molecule has 0 aliphatic carbocycles. The van der Waals surface area contributed by atoms with Crippen molar-refractivity contribution in [3.63, 3.8) is 0 Å². The maximum Gasteiger partial charge on any atom is 0.203 e. The molecule has 6 heteroatoms. The fourth-order valence-corrected chi connectivity index (χ4v) is 4.51. The molecular formula is C30H33ClO5.